The highest BCUT2D eigenvalue weighted by atomic mass is 32.2. The van der Waals surface area contributed by atoms with Crippen molar-refractivity contribution < 1.29 is 17.7 Å². The molecule has 1 aliphatic rings. The van der Waals surface area contributed by atoms with E-state index in [9.17, 15) is 13.2 Å². The van der Waals surface area contributed by atoms with Crippen LogP contribution < -0.4 is 10.0 Å². The Hall–Kier alpha value is -2.26. The van der Waals surface area contributed by atoms with Crippen LogP contribution in [0.1, 0.15) is 67.9 Å². The molecule has 1 amide bonds. The number of nitrogens with one attached hydrogen (secondary N) is 2. The van der Waals surface area contributed by atoms with Crippen LogP contribution in [0.15, 0.2) is 27.6 Å². The fraction of sp³-hybridized carbons (Fsp3) is 0.550. The van der Waals surface area contributed by atoms with Crippen LogP contribution in [0.2, 0.25) is 0 Å². The molecule has 1 aromatic heterocycles. The van der Waals surface area contributed by atoms with Crippen molar-refractivity contribution in [3.05, 3.63) is 41.0 Å². The predicted octanol–water partition coefficient (Wildman–Crippen LogP) is 2.75. The maximum absolute atomic E-state index is 12.5. The number of nitrogens with zero attached hydrogens (tertiary/aromatic N) is 2. The number of carbonyl (C=O) groups is 1. The summed E-state index contributed by atoms with van der Waals surface area (Å²) in [4.78, 5) is 17.0. The molecule has 0 radical (unpaired) electrons. The highest BCUT2D eigenvalue weighted by molar-refractivity contribution is 7.89. The first-order valence-corrected chi connectivity index (χ1v) is 11.4. The molecule has 1 heterocycles. The Morgan fingerprint density at radius 3 is 2.66 bits per heavy atom. The molecular formula is C20H28N4O4S. The molecule has 1 unspecified atom stereocenters. The number of amides is 1. The van der Waals surface area contributed by atoms with E-state index in [1.54, 1.807) is 19.1 Å². The van der Waals surface area contributed by atoms with Crippen LogP contribution in [-0.4, -0.2) is 31.0 Å². The maximum Gasteiger partial charge on any atom is 0.249 e. The van der Waals surface area contributed by atoms with Crippen molar-refractivity contribution in [1.29, 1.82) is 0 Å². The summed E-state index contributed by atoms with van der Waals surface area (Å²) in [5.41, 5.74) is 1.52. The highest BCUT2D eigenvalue weighted by Gasteiger charge is 2.31. The van der Waals surface area contributed by atoms with Gasteiger partial charge in [-0.1, -0.05) is 31.1 Å². The van der Waals surface area contributed by atoms with Crippen molar-refractivity contribution in [2.24, 2.45) is 5.92 Å². The van der Waals surface area contributed by atoms with Gasteiger partial charge < -0.3 is 9.84 Å². The molecule has 1 aliphatic carbocycles. The minimum atomic E-state index is -3.68. The largest absolute Gasteiger partial charge is 0.344 e. The van der Waals surface area contributed by atoms with Crippen LogP contribution in [0.25, 0.3) is 0 Å². The van der Waals surface area contributed by atoms with Gasteiger partial charge in [0.05, 0.1) is 4.90 Å². The molecule has 2 aromatic rings. The summed E-state index contributed by atoms with van der Waals surface area (Å²) in [6, 6.07) is 4.85. The topological polar surface area (TPSA) is 114 Å². The summed E-state index contributed by atoms with van der Waals surface area (Å²) >= 11 is 0. The Morgan fingerprint density at radius 2 is 2.00 bits per heavy atom. The number of benzene rings is 1. The molecule has 1 aromatic carbocycles. The number of aromatic nitrogens is 2. The van der Waals surface area contributed by atoms with Crippen molar-refractivity contribution in [2.75, 3.05) is 6.54 Å². The highest BCUT2D eigenvalue weighted by Crippen LogP contribution is 2.38. The standard InChI is InChI=1S/C20H28N4O4S/c1-12(2)18(20-23-19(24-28-20)15-7-8-15)22-17(25)9-10-21-29(26,27)16-11-13(3)5-6-14(16)4/h5-6,11-12,15,18,21H,7-10H2,1-4H3,(H,22,25). The van der Waals surface area contributed by atoms with Crippen LogP contribution >= 0.6 is 0 Å². The zero-order valence-corrected chi connectivity index (χ0v) is 18.0. The Balaban J connectivity index is 1.57. The number of hydrogen-bond donors (Lipinski definition) is 2. The summed E-state index contributed by atoms with van der Waals surface area (Å²) in [7, 11) is -3.68. The van der Waals surface area contributed by atoms with Gasteiger partial charge in [0, 0.05) is 18.9 Å². The molecule has 3 rings (SSSR count). The normalized spacial score (nSPS) is 15.5. The summed E-state index contributed by atoms with van der Waals surface area (Å²) < 4.78 is 32.9. The van der Waals surface area contributed by atoms with Gasteiger partial charge in [0.2, 0.25) is 21.8 Å². The second-order valence-corrected chi connectivity index (χ2v) is 9.71. The smallest absolute Gasteiger partial charge is 0.249 e. The third kappa shape index (κ3) is 5.42. The lowest BCUT2D eigenvalue weighted by atomic mass is 10.0. The number of sulfonamides is 1. The zero-order valence-electron chi connectivity index (χ0n) is 17.2. The number of rotatable bonds is 9. The molecule has 1 saturated carbocycles. The Labute approximate surface area is 171 Å². The van der Waals surface area contributed by atoms with E-state index in [4.69, 9.17) is 4.52 Å². The third-order valence-electron chi connectivity index (χ3n) is 4.93. The van der Waals surface area contributed by atoms with Crippen LogP contribution in [0.3, 0.4) is 0 Å². The molecule has 8 nitrogen and oxygen atoms in total. The first-order chi connectivity index (χ1) is 13.7. The van der Waals surface area contributed by atoms with Gasteiger partial charge in [-0.15, -0.1) is 0 Å². The molecule has 1 atom stereocenters. The quantitative estimate of drug-likeness (QED) is 0.645. The molecule has 0 aliphatic heterocycles. The number of hydrogen-bond acceptors (Lipinski definition) is 6. The van der Waals surface area contributed by atoms with E-state index in [0.717, 1.165) is 18.4 Å². The lowest BCUT2D eigenvalue weighted by Gasteiger charge is -2.18. The summed E-state index contributed by atoms with van der Waals surface area (Å²) in [5.74, 6) is 1.24. The van der Waals surface area contributed by atoms with Gasteiger partial charge in [-0.05, 0) is 49.8 Å². The van der Waals surface area contributed by atoms with Crippen molar-refractivity contribution in [3.8, 4) is 0 Å². The van der Waals surface area contributed by atoms with Crippen LogP contribution in [-0.2, 0) is 14.8 Å². The average molecular weight is 421 g/mol. The SMILES string of the molecule is Cc1ccc(C)c(S(=O)(=O)NCCC(=O)NC(c2nc(C3CC3)no2)C(C)C)c1. The molecule has 0 saturated heterocycles. The van der Waals surface area contributed by atoms with E-state index in [1.807, 2.05) is 26.8 Å². The van der Waals surface area contributed by atoms with Crippen molar-refractivity contribution >= 4 is 15.9 Å². The van der Waals surface area contributed by atoms with E-state index in [2.05, 4.69) is 20.2 Å². The molecule has 158 valence electrons. The summed E-state index contributed by atoms with van der Waals surface area (Å²) in [6.45, 7) is 7.49. The number of carbonyl (C=O) groups excluding carboxylic acids is 1. The fourth-order valence-corrected chi connectivity index (χ4v) is 4.37. The fourth-order valence-electron chi connectivity index (χ4n) is 3.01. The minimum Gasteiger partial charge on any atom is -0.344 e. The molecule has 2 N–H and O–H groups in total. The predicted molar refractivity (Wildman–Crippen MR) is 108 cm³/mol. The molecule has 9 heteroatoms. The summed E-state index contributed by atoms with van der Waals surface area (Å²) in [5, 5.41) is 6.88. The van der Waals surface area contributed by atoms with E-state index in [1.165, 1.54) is 0 Å². The van der Waals surface area contributed by atoms with E-state index in [-0.39, 0.29) is 29.7 Å². The monoisotopic (exact) mass is 420 g/mol. The third-order valence-corrected chi connectivity index (χ3v) is 6.53. The first kappa shape index (κ1) is 21.4. The van der Waals surface area contributed by atoms with Crippen LogP contribution in [0.4, 0.5) is 0 Å². The van der Waals surface area contributed by atoms with Gasteiger partial charge in [-0.2, -0.15) is 4.98 Å². The van der Waals surface area contributed by atoms with E-state index in [0.29, 0.717) is 23.2 Å². The van der Waals surface area contributed by atoms with E-state index >= 15 is 0 Å². The molecule has 1 fully saturated rings. The van der Waals surface area contributed by atoms with E-state index < -0.39 is 16.1 Å². The lowest BCUT2D eigenvalue weighted by molar-refractivity contribution is -0.122. The van der Waals surface area contributed by atoms with Crippen molar-refractivity contribution in [2.45, 2.75) is 63.8 Å². The van der Waals surface area contributed by atoms with Crippen molar-refractivity contribution in [3.63, 3.8) is 0 Å². The second-order valence-electron chi connectivity index (χ2n) is 7.97. The second kappa shape index (κ2) is 8.62. The van der Waals surface area contributed by atoms with Gasteiger partial charge >= 0.3 is 0 Å². The Bertz CT molecular complexity index is 980. The van der Waals surface area contributed by atoms with Gasteiger partial charge in [-0.3, -0.25) is 4.79 Å². The van der Waals surface area contributed by atoms with Gasteiger partial charge in [-0.25, -0.2) is 13.1 Å². The molecule has 29 heavy (non-hydrogen) atoms. The Kier molecular flexibility index (Phi) is 6.38. The maximum atomic E-state index is 12.5. The van der Waals surface area contributed by atoms with Gasteiger partial charge in [0.1, 0.15) is 6.04 Å². The zero-order chi connectivity index (χ0) is 21.2. The van der Waals surface area contributed by atoms with Crippen LogP contribution in [0.5, 0.6) is 0 Å². The Morgan fingerprint density at radius 1 is 1.28 bits per heavy atom. The molecule has 0 bridgehead atoms. The van der Waals surface area contributed by atoms with Gasteiger partial charge in [0.15, 0.2) is 5.82 Å². The minimum absolute atomic E-state index is 0.00349. The summed E-state index contributed by atoms with van der Waals surface area (Å²) in [6.07, 6.45) is 2.15. The van der Waals surface area contributed by atoms with Crippen molar-refractivity contribution in [1.82, 2.24) is 20.2 Å². The molecule has 0 spiro atoms. The average Bonchev–Trinajstić information content (AvgIpc) is 3.39. The number of aryl methyl sites for hydroxylation is 2. The lowest BCUT2D eigenvalue weighted by Crippen LogP contribution is -2.35. The van der Waals surface area contributed by atoms with Crippen LogP contribution in [0, 0.1) is 19.8 Å². The van der Waals surface area contributed by atoms with Gasteiger partial charge in [0.25, 0.3) is 0 Å². The first-order valence-electron chi connectivity index (χ1n) is 9.87. The molecular weight excluding hydrogens is 392 g/mol.